The van der Waals surface area contributed by atoms with Crippen molar-refractivity contribution < 1.29 is 4.74 Å². The van der Waals surface area contributed by atoms with Gasteiger partial charge in [-0.1, -0.05) is 6.92 Å². The van der Waals surface area contributed by atoms with E-state index in [0.717, 1.165) is 31.0 Å². The van der Waals surface area contributed by atoms with E-state index in [2.05, 4.69) is 32.4 Å². The Labute approximate surface area is 112 Å². The van der Waals surface area contributed by atoms with Crippen LogP contribution in [-0.4, -0.2) is 37.9 Å². The Hall–Kier alpha value is -2.18. The number of ether oxygens (including phenoxy) is 1. The van der Waals surface area contributed by atoms with E-state index in [1.807, 2.05) is 11.6 Å². The maximum atomic E-state index is 5.45. The lowest BCUT2D eigenvalue weighted by Gasteiger charge is -2.07. The van der Waals surface area contributed by atoms with Crippen LogP contribution in [0.3, 0.4) is 0 Å². The zero-order chi connectivity index (χ0) is 13.5. The first-order valence-electron chi connectivity index (χ1n) is 6.31. The summed E-state index contributed by atoms with van der Waals surface area (Å²) in [6.45, 7) is 3.45. The van der Waals surface area contributed by atoms with Crippen molar-refractivity contribution in [1.29, 1.82) is 0 Å². The second kappa shape index (κ2) is 6.67. The summed E-state index contributed by atoms with van der Waals surface area (Å²) in [5, 5.41) is 11.1. The molecule has 0 saturated carbocycles. The van der Waals surface area contributed by atoms with Gasteiger partial charge in [-0.25, -0.2) is 9.97 Å². The van der Waals surface area contributed by atoms with Crippen LogP contribution in [0, 0.1) is 0 Å². The van der Waals surface area contributed by atoms with Crippen LogP contribution in [-0.2, 0) is 13.5 Å². The van der Waals surface area contributed by atoms with E-state index >= 15 is 0 Å². The van der Waals surface area contributed by atoms with Gasteiger partial charge in [0.1, 0.15) is 24.3 Å². The minimum atomic E-state index is 0.595. The van der Waals surface area contributed by atoms with Gasteiger partial charge >= 0.3 is 0 Å². The Kier molecular flexibility index (Phi) is 4.66. The van der Waals surface area contributed by atoms with Gasteiger partial charge in [0, 0.05) is 26.1 Å². The monoisotopic (exact) mass is 262 g/mol. The fourth-order valence-corrected chi connectivity index (χ4v) is 1.56. The van der Waals surface area contributed by atoms with Crippen molar-refractivity contribution in [3.63, 3.8) is 0 Å². The lowest BCUT2D eigenvalue weighted by atomic mass is 10.4. The third-order valence-electron chi connectivity index (χ3n) is 2.56. The predicted molar refractivity (Wildman–Crippen MR) is 71.0 cm³/mol. The third kappa shape index (κ3) is 3.90. The molecule has 0 aliphatic heterocycles. The molecule has 0 aliphatic rings. The quantitative estimate of drug-likeness (QED) is 0.803. The standard InChI is InChI=1S/C12H18N6O/c1-3-6-19-12-7-10(14-8-15-12)13-5-4-11-17-16-9-18(11)2/h7-9H,3-6H2,1-2H3,(H,13,14,15). The number of aryl methyl sites for hydroxylation is 1. The molecular weight excluding hydrogens is 244 g/mol. The van der Waals surface area contributed by atoms with Gasteiger partial charge in [-0.15, -0.1) is 10.2 Å². The molecule has 2 heterocycles. The summed E-state index contributed by atoms with van der Waals surface area (Å²) in [6.07, 6.45) is 4.93. The highest BCUT2D eigenvalue weighted by Crippen LogP contribution is 2.11. The summed E-state index contributed by atoms with van der Waals surface area (Å²) < 4.78 is 7.35. The van der Waals surface area contributed by atoms with E-state index in [1.165, 1.54) is 6.33 Å². The second-order valence-electron chi connectivity index (χ2n) is 4.12. The van der Waals surface area contributed by atoms with E-state index in [0.29, 0.717) is 12.5 Å². The topological polar surface area (TPSA) is 77.8 Å². The molecule has 0 radical (unpaired) electrons. The van der Waals surface area contributed by atoms with E-state index in [4.69, 9.17) is 4.74 Å². The molecule has 0 aliphatic carbocycles. The average molecular weight is 262 g/mol. The van der Waals surface area contributed by atoms with Gasteiger partial charge in [0.2, 0.25) is 5.88 Å². The van der Waals surface area contributed by atoms with Crippen LogP contribution in [0.2, 0.25) is 0 Å². The van der Waals surface area contributed by atoms with E-state index in [1.54, 1.807) is 12.4 Å². The Morgan fingerprint density at radius 1 is 1.37 bits per heavy atom. The first-order valence-corrected chi connectivity index (χ1v) is 6.31. The molecule has 2 aromatic rings. The fourth-order valence-electron chi connectivity index (χ4n) is 1.56. The van der Waals surface area contributed by atoms with Gasteiger partial charge < -0.3 is 14.6 Å². The molecule has 0 spiro atoms. The summed E-state index contributed by atoms with van der Waals surface area (Å²) in [5.41, 5.74) is 0. The van der Waals surface area contributed by atoms with Gasteiger partial charge in [0.25, 0.3) is 0 Å². The number of nitrogens with one attached hydrogen (secondary N) is 1. The molecule has 0 amide bonds. The summed E-state index contributed by atoms with van der Waals surface area (Å²) in [7, 11) is 1.93. The Bertz CT molecular complexity index is 512. The predicted octanol–water partition coefficient (Wildman–Crippen LogP) is 1.05. The molecule has 0 unspecified atom stereocenters. The molecular formula is C12H18N6O. The third-order valence-corrected chi connectivity index (χ3v) is 2.56. The number of rotatable bonds is 7. The summed E-state index contributed by atoms with van der Waals surface area (Å²) in [6, 6.07) is 1.80. The van der Waals surface area contributed by atoms with Gasteiger partial charge in [0.05, 0.1) is 6.61 Å². The molecule has 0 bridgehead atoms. The smallest absolute Gasteiger partial charge is 0.218 e. The van der Waals surface area contributed by atoms with Crippen molar-refractivity contribution in [2.24, 2.45) is 7.05 Å². The molecule has 1 N–H and O–H groups in total. The number of anilines is 1. The molecule has 102 valence electrons. The minimum Gasteiger partial charge on any atom is -0.478 e. The van der Waals surface area contributed by atoms with Crippen molar-refractivity contribution in [1.82, 2.24) is 24.7 Å². The van der Waals surface area contributed by atoms with E-state index in [9.17, 15) is 0 Å². The molecule has 0 aromatic carbocycles. The van der Waals surface area contributed by atoms with Gasteiger partial charge in [-0.3, -0.25) is 0 Å². The Balaban J connectivity index is 1.84. The molecule has 0 fully saturated rings. The molecule has 2 rings (SSSR count). The summed E-state index contributed by atoms with van der Waals surface area (Å²) in [4.78, 5) is 8.19. The maximum Gasteiger partial charge on any atom is 0.218 e. The largest absolute Gasteiger partial charge is 0.478 e. The van der Waals surface area contributed by atoms with Crippen molar-refractivity contribution in [2.45, 2.75) is 19.8 Å². The van der Waals surface area contributed by atoms with E-state index < -0.39 is 0 Å². The van der Waals surface area contributed by atoms with Crippen molar-refractivity contribution in [2.75, 3.05) is 18.5 Å². The normalized spacial score (nSPS) is 10.4. The highest BCUT2D eigenvalue weighted by atomic mass is 16.5. The van der Waals surface area contributed by atoms with Crippen LogP contribution in [0.1, 0.15) is 19.2 Å². The number of aromatic nitrogens is 5. The van der Waals surface area contributed by atoms with Crippen LogP contribution < -0.4 is 10.1 Å². The zero-order valence-electron chi connectivity index (χ0n) is 11.2. The average Bonchev–Trinajstić information content (AvgIpc) is 2.83. The highest BCUT2D eigenvalue weighted by molar-refractivity contribution is 5.37. The lowest BCUT2D eigenvalue weighted by molar-refractivity contribution is 0.305. The first-order chi connectivity index (χ1) is 9.29. The Morgan fingerprint density at radius 3 is 3.00 bits per heavy atom. The lowest BCUT2D eigenvalue weighted by Crippen LogP contribution is -2.10. The fraction of sp³-hybridized carbons (Fsp3) is 0.500. The number of hydrogen-bond donors (Lipinski definition) is 1. The molecule has 0 saturated heterocycles. The second-order valence-corrected chi connectivity index (χ2v) is 4.12. The van der Waals surface area contributed by atoms with Gasteiger partial charge in [-0.2, -0.15) is 0 Å². The van der Waals surface area contributed by atoms with Gasteiger partial charge in [-0.05, 0) is 6.42 Å². The van der Waals surface area contributed by atoms with Gasteiger partial charge in [0.15, 0.2) is 0 Å². The number of hydrogen-bond acceptors (Lipinski definition) is 6. The minimum absolute atomic E-state index is 0.595. The maximum absolute atomic E-state index is 5.45. The molecule has 0 atom stereocenters. The molecule has 2 aromatic heterocycles. The number of nitrogens with zero attached hydrogens (tertiary/aromatic N) is 5. The van der Waals surface area contributed by atoms with Crippen LogP contribution in [0.25, 0.3) is 0 Å². The highest BCUT2D eigenvalue weighted by Gasteiger charge is 2.02. The molecule has 7 heteroatoms. The van der Waals surface area contributed by atoms with Crippen LogP contribution >= 0.6 is 0 Å². The van der Waals surface area contributed by atoms with Crippen LogP contribution in [0.15, 0.2) is 18.7 Å². The zero-order valence-corrected chi connectivity index (χ0v) is 11.2. The van der Waals surface area contributed by atoms with Crippen molar-refractivity contribution in [3.8, 4) is 5.88 Å². The first kappa shape index (κ1) is 13.3. The SMILES string of the molecule is CCCOc1cc(NCCc2nncn2C)ncn1. The summed E-state index contributed by atoms with van der Waals surface area (Å²) >= 11 is 0. The van der Waals surface area contributed by atoms with Crippen LogP contribution in [0.4, 0.5) is 5.82 Å². The summed E-state index contributed by atoms with van der Waals surface area (Å²) in [5.74, 6) is 2.28. The van der Waals surface area contributed by atoms with Crippen LogP contribution in [0.5, 0.6) is 5.88 Å². The molecule has 19 heavy (non-hydrogen) atoms. The van der Waals surface area contributed by atoms with E-state index in [-0.39, 0.29) is 0 Å². The van der Waals surface area contributed by atoms with Crippen molar-refractivity contribution in [3.05, 3.63) is 24.5 Å². The Morgan fingerprint density at radius 2 is 2.26 bits per heavy atom. The van der Waals surface area contributed by atoms with Crippen molar-refractivity contribution >= 4 is 5.82 Å². The molecule has 7 nitrogen and oxygen atoms in total.